The van der Waals surface area contributed by atoms with E-state index in [1.54, 1.807) is 6.07 Å². The van der Waals surface area contributed by atoms with Crippen LogP contribution in [0.3, 0.4) is 0 Å². The minimum Gasteiger partial charge on any atom is -0.489 e. The SMILES string of the molecule is CC1(C)C(N)C(C)(C)C1Oc1ccc(C#N)c(C(F)(F)F)c1. The monoisotopic (exact) mass is 312 g/mol. The molecule has 0 saturated heterocycles. The van der Waals surface area contributed by atoms with Crippen LogP contribution in [-0.4, -0.2) is 12.1 Å². The van der Waals surface area contributed by atoms with Crippen molar-refractivity contribution in [3.63, 3.8) is 0 Å². The van der Waals surface area contributed by atoms with E-state index in [4.69, 9.17) is 15.7 Å². The average molecular weight is 312 g/mol. The minimum absolute atomic E-state index is 0.101. The number of nitriles is 1. The van der Waals surface area contributed by atoms with Crippen molar-refractivity contribution in [1.29, 1.82) is 5.26 Å². The van der Waals surface area contributed by atoms with Crippen LogP contribution in [0.25, 0.3) is 0 Å². The van der Waals surface area contributed by atoms with Crippen molar-refractivity contribution in [2.75, 3.05) is 0 Å². The zero-order valence-corrected chi connectivity index (χ0v) is 13.0. The van der Waals surface area contributed by atoms with Gasteiger partial charge in [0, 0.05) is 16.9 Å². The van der Waals surface area contributed by atoms with E-state index in [-0.39, 0.29) is 28.7 Å². The molecule has 1 aromatic carbocycles. The van der Waals surface area contributed by atoms with E-state index in [0.29, 0.717) is 0 Å². The zero-order chi connectivity index (χ0) is 16.9. The second kappa shape index (κ2) is 4.88. The van der Waals surface area contributed by atoms with Crippen molar-refractivity contribution in [2.24, 2.45) is 16.6 Å². The van der Waals surface area contributed by atoms with Gasteiger partial charge in [-0.25, -0.2) is 0 Å². The maximum Gasteiger partial charge on any atom is 0.417 e. The summed E-state index contributed by atoms with van der Waals surface area (Å²) in [6, 6.07) is 4.86. The number of nitrogens with zero attached hydrogens (tertiary/aromatic N) is 1. The highest BCUT2D eigenvalue weighted by Crippen LogP contribution is 2.54. The van der Waals surface area contributed by atoms with Crippen LogP contribution >= 0.6 is 0 Å². The molecule has 3 nitrogen and oxygen atoms in total. The summed E-state index contributed by atoms with van der Waals surface area (Å²) in [5, 5.41) is 8.81. The van der Waals surface area contributed by atoms with E-state index >= 15 is 0 Å². The van der Waals surface area contributed by atoms with Gasteiger partial charge in [0.05, 0.1) is 17.2 Å². The summed E-state index contributed by atoms with van der Waals surface area (Å²) in [6.45, 7) is 7.73. The van der Waals surface area contributed by atoms with Crippen LogP contribution in [0, 0.1) is 22.2 Å². The molecule has 6 heteroatoms. The first kappa shape index (κ1) is 16.6. The highest BCUT2D eigenvalue weighted by atomic mass is 19.4. The summed E-state index contributed by atoms with van der Waals surface area (Å²) in [5.41, 5.74) is 4.05. The number of nitrogens with two attached hydrogens (primary N) is 1. The second-order valence-electron chi connectivity index (χ2n) is 6.94. The Labute approximate surface area is 127 Å². The molecule has 1 aliphatic rings. The number of alkyl halides is 3. The molecular weight excluding hydrogens is 293 g/mol. The van der Waals surface area contributed by atoms with E-state index in [0.717, 1.165) is 12.1 Å². The minimum atomic E-state index is -4.59. The first-order valence-electron chi connectivity index (χ1n) is 6.96. The number of ether oxygens (including phenoxy) is 1. The Balaban J connectivity index is 2.34. The number of hydrogen-bond acceptors (Lipinski definition) is 3. The van der Waals surface area contributed by atoms with Crippen LogP contribution in [0.1, 0.15) is 38.8 Å². The summed E-state index contributed by atoms with van der Waals surface area (Å²) in [4.78, 5) is 0. The standard InChI is InChI=1S/C16H19F3N2O/c1-14(2)12(21)15(3,4)13(14)22-10-6-5-9(8-20)11(7-10)16(17,18)19/h5-7,12-13H,21H2,1-4H3. The van der Waals surface area contributed by atoms with Crippen molar-refractivity contribution >= 4 is 0 Å². The summed E-state index contributed by atoms with van der Waals surface area (Å²) < 4.78 is 44.8. The van der Waals surface area contributed by atoms with Crippen molar-refractivity contribution in [3.8, 4) is 11.8 Å². The molecule has 0 aliphatic heterocycles. The van der Waals surface area contributed by atoms with Gasteiger partial charge in [-0.2, -0.15) is 18.4 Å². The van der Waals surface area contributed by atoms with Crippen LogP contribution < -0.4 is 10.5 Å². The van der Waals surface area contributed by atoms with Gasteiger partial charge in [0.25, 0.3) is 0 Å². The number of hydrogen-bond donors (Lipinski definition) is 1. The molecule has 0 amide bonds. The Morgan fingerprint density at radius 3 is 2.18 bits per heavy atom. The van der Waals surface area contributed by atoms with Gasteiger partial charge in [0.15, 0.2) is 0 Å². The lowest BCUT2D eigenvalue weighted by Gasteiger charge is -2.61. The molecule has 2 N–H and O–H groups in total. The lowest BCUT2D eigenvalue weighted by Crippen LogP contribution is -2.72. The molecule has 0 bridgehead atoms. The number of halogens is 3. The predicted octanol–water partition coefficient (Wildman–Crippen LogP) is 3.72. The number of benzene rings is 1. The fourth-order valence-electron chi connectivity index (χ4n) is 3.52. The highest BCUT2D eigenvalue weighted by Gasteiger charge is 2.61. The maximum atomic E-state index is 13.0. The molecule has 1 aliphatic carbocycles. The third kappa shape index (κ3) is 2.44. The highest BCUT2D eigenvalue weighted by molar-refractivity contribution is 5.44. The fraction of sp³-hybridized carbons (Fsp3) is 0.562. The molecule has 0 atom stereocenters. The summed E-state index contributed by atoms with van der Waals surface area (Å²) in [6.07, 6.45) is -4.89. The first-order valence-corrected chi connectivity index (χ1v) is 6.96. The summed E-state index contributed by atoms with van der Waals surface area (Å²) >= 11 is 0. The molecule has 0 radical (unpaired) electrons. The van der Waals surface area contributed by atoms with Crippen molar-refractivity contribution < 1.29 is 17.9 Å². The smallest absolute Gasteiger partial charge is 0.417 e. The van der Waals surface area contributed by atoms with Crippen molar-refractivity contribution in [2.45, 2.75) is 46.0 Å². The molecule has 0 aromatic heterocycles. The van der Waals surface area contributed by atoms with Gasteiger partial charge >= 0.3 is 6.18 Å². The van der Waals surface area contributed by atoms with E-state index in [1.807, 2.05) is 27.7 Å². The van der Waals surface area contributed by atoms with E-state index in [1.165, 1.54) is 6.07 Å². The van der Waals surface area contributed by atoms with Gasteiger partial charge in [-0.05, 0) is 18.2 Å². The molecule has 1 aromatic rings. The van der Waals surface area contributed by atoms with Crippen LogP contribution in [0.2, 0.25) is 0 Å². The molecule has 2 rings (SSSR count). The van der Waals surface area contributed by atoms with E-state index in [9.17, 15) is 13.2 Å². The molecule has 0 unspecified atom stereocenters. The second-order valence-corrected chi connectivity index (χ2v) is 6.94. The largest absolute Gasteiger partial charge is 0.489 e. The Hall–Kier alpha value is -1.74. The molecule has 1 fully saturated rings. The lowest BCUT2D eigenvalue weighted by atomic mass is 9.50. The average Bonchev–Trinajstić information content (AvgIpc) is 2.42. The summed E-state index contributed by atoms with van der Waals surface area (Å²) in [7, 11) is 0. The van der Waals surface area contributed by atoms with Gasteiger partial charge in [0.2, 0.25) is 0 Å². The van der Waals surface area contributed by atoms with E-state index < -0.39 is 17.3 Å². The van der Waals surface area contributed by atoms with Crippen LogP contribution in [0.5, 0.6) is 5.75 Å². The molecular formula is C16H19F3N2O. The van der Waals surface area contributed by atoms with Crippen LogP contribution in [0.15, 0.2) is 18.2 Å². The lowest BCUT2D eigenvalue weighted by molar-refractivity contribution is -0.156. The first-order chi connectivity index (χ1) is 9.92. The van der Waals surface area contributed by atoms with Gasteiger partial charge in [-0.1, -0.05) is 27.7 Å². The Bertz CT molecular complexity index is 613. The molecule has 1 saturated carbocycles. The Morgan fingerprint density at radius 2 is 1.73 bits per heavy atom. The molecule has 22 heavy (non-hydrogen) atoms. The van der Waals surface area contributed by atoms with Crippen molar-refractivity contribution in [1.82, 2.24) is 0 Å². The maximum absolute atomic E-state index is 13.0. The molecule has 0 spiro atoms. The Morgan fingerprint density at radius 1 is 1.18 bits per heavy atom. The van der Waals surface area contributed by atoms with Crippen LogP contribution in [0.4, 0.5) is 13.2 Å². The normalized spacial score (nSPS) is 26.0. The predicted molar refractivity (Wildman–Crippen MR) is 76.1 cm³/mol. The molecule has 0 heterocycles. The summed E-state index contributed by atoms with van der Waals surface area (Å²) in [5.74, 6) is 0.101. The van der Waals surface area contributed by atoms with E-state index in [2.05, 4.69) is 0 Å². The van der Waals surface area contributed by atoms with Crippen LogP contribution in [-0.2, 0) is 6.18 Å². The molecule has 120 valence electrons. The van der Waals surface area contributed by atoms with Gasteiger partial charge < -0.3 is 10.5 Å². The van der Waals surface area contributed by atoms with Gasteiger partial charge in [0.1, 0.15) is 11.9 Å². The number of rotatable bonds is 2. The quantitative estimate of drug-likeness (QED) is 0.905. The zero-order valence-electron chi connectivity index (χ0n) is 13.0. The third-order valence-corrected chi connectivity index (χ3v) is 4.63. The van der Waals surface area contributed by atoms with Crippen molar-refractivity contribution in [3.05, 3.63) is 29.3 Å². The fourth-order valence-corrected chi connectivity index (χ4v) is 3.52. The van der Waals surface area contributed by atoms with Gasteiger partial charge in [-0.15, -0.1) is 0 Å². The van der Waals surface area contributed by atoms with Gasteiger partial charge in [-0.3, -0.25) is 0 Å². The Kier molecular flexibility index (Phi) is 3.69. The third-order valence-electron chi connectivity index (χ3n) is 4.63. The topological polar surface area (TPSA) is 59.0 Å².